The number of anilines is 1. The fourth-order valence-electron chi connectivity index (χ4n) is 2.91. The van der Waals surface area contributed by atoms with Crippen molar-refractivity contribution < 1.29 is 4.79 Å². The van der Waals surface area contributed by atoms with E-state index in [1.807, 2.05) is 78.7 Å². The lowest BCUT2D eigenvalue weighted by Crippen LogP contribution is -2.31. The third kappa shape index (κ3) is 3.81. The summed E-state index contributed by atoms with van der Waals surface area (Å²) in [6.45, 7) is 4.74. The topological polar surface area (TPSA) is 20.3 Å². The van der Waals surface area contributed by atoms with Crippen LogP contribution in [0.2, 0.25) is 0 Å². The minimum Gasteiger partial charge on any atom is -0.308 e. The fourth-order valence-corrected chi connectivity index (χ4v) is 5.80. The molecule has 0 bridgehead atoms. The molecule has 4 heteroatoms. The number of hydrogen-bond donors (Lipinski definition) is 0. The van der Waals surface area contributed by atoms with Crippen LogP contribution in [0.25, 0.3) is 0 Å². The van der Waals surface area contributed by atoms with Gasteiger partial charge in [0, 0.05) is 17.8 Å². The minimum atomic E-state index is 0.0716. The minimum absolute atomic E-state index is 0.0716. The normalized spacial score (nSPS) is 15.2. The highest BCUT2D eigenvalue weighted by atomic mass is 32.2. The monoisotopic (exact) mass is 357 g/mol. The van der Waals surface area contributed by atoms with Crippen LogP contribution in [-0.2, 0) is 0 Å². The first-order valence-electron chi connectivity index (χ1n) is 8.41. The van der Waals surface area contributed by atoms with Crippen molar-refractivity contribution >= 4 is 35.1 Å². The van der Waals surface area contributed by atoms with Crippen molar-refractivity contribution in [2.45, 2.75) is 24.9 Å². The molecule has 0 radical (unpaired) electrons. The summed E-state index contributed by atoms with van der Waals surface area (Å²) in [6.07, 6.45) is 1.30. The molecule has 3 rings (SSSR count). The van der Waals surface area contributed by atoms with Gasteiger partial charge < -0.3 is 4.90 Å². The first-order chi connectivity index (χ1) is 11.7. The molecule has 1 aliphatic rings. The highest BCUT2D eigenvalue weighted by molar-refractivity contribution is 8.16. The molecular weight excluding hydrogens is 334 g/mol. The summed E-state index contributed by atoms with van der Waals surface area (Å²) in [6, 6.07) is 16.3. The molecule has 1 heterocycles. The van der Waals surface area contributed by atoms with Gasteiger partial charge in [0.2, 0.25) is 0 Å². The number of nitrogens with zero attached hydrogens (tertiary/aromatic N) is 1. The number of para-hydroxylation sites is 1. The van der Waals surface area contributed by atoms with Crippen LogP contribution in [0.3, 0.4) is 0 Å². The van der Waals surface area contributed by atoms with Gasteiger partial charge >= 0.3 is 0 Å². The molecule has 2 aromatic rings. The summed E-state index contributed by atoms with van der Waals surface area (Å²) < 4.78 is 0.515. The highest BCUT2D eigenvalue weighted by Gasteiger charge is 2.20. The molecule has 0 aromatic heterocycles. The van der Waals surface area contributed by atoms with Crippen molar-refractivity contribution in [1.29, 1.82) is 0 Å². The number of thioether (sulfide) groups is 2. The number of carbonyl (C=O) groups excluding carboxylic acids is 1. The number of rotatable bonds is 4. The maximum absolute atomic E-state index is 12.9. The van der Waals surface area contributed by atoms with Gasteiger partial charge in [0.05, 0.1) is 4.58 Å². The van der Waals surface area contributed by atoms with Crippen LogP contribution < -0.4 is 4.90 Å². The number of benzene rings is 2. The summed E-state index contributed by atoms with van der Waals surface area (Å²) in [4.78, 5) is 14.8. The summed E-state index contributed by atoms with van der Waals surface area (Å²) in [5.74, 6) is 2.53. The summed E-state index contributed by atoms with van der Waals surface area (Å²) in [5, 5.41) is 0. The van der Waals surface area contributed by atoms with Gasteiger partial charge in [0.15, 0.2) is 0 Å². The molecule has 0 atom stereocenters. The predicted octanol–water partition coefficient (Wildman–Crippen LogP) is 5.53. The van der Waals surface area contributed by atoms with E-state index < -0.39 is 0 Å². The quantitative estimate of drug-likeness (QED) is 0.717. The predicted molar refractivity (Wildman–Crippen MR) is 107 cm³/mol. The first kappa shape index (κ1) is 17.4. The third-order valence-electron chi connectivity index (χ3n) is 4.22. The van der Waals surface area contributed by atoms with Crippen LogP contribution in [0.5, 0.6) is 0 Å². The molecule has 0 spiro atoms. The van der Waals surface area contributed by atoms with Crippen molar-refractivity contribution in [2.75, 3.05) is 23.0 Å². The molecule has 0 unspecified atom stereocenters. The molecule has 1 fully saturated rings. The van der Waals surface area contributed by atoms with Crippen LogP contribution in [-0.4, -0.2) is 24.0 Å². The lowest BCUT2D eigenvalue weighted by molar-refractivity contribution is 0.0988. The SMILES string of the molecule is CCN(C(=O)c1ccc(C2SCCCS2)cc1)c1ccccc1C. The number of amides is 1. The Morgan fingerprint density at radius 3 is 2.38 bits per heavy atom. The fraction of sp³-hybridized carbons (Fsp3) is 0.350. The average Bonchev–Trinajstić information content (AvgIpc) is 2.64. The van der Waals surface area contributed by atoms with E-state index in [-0.39, 0.29) is 5.91 Å². The van der Waals surface area contributed by atoms with Gasteiger partial charge in [0.1, 0.15) is 0 Å². The van der Waals surface area contributed by atoms with Crippen LogP contribution in [0.1, 0.15) is 39.4 Å². The molecule has 2 nitrogen and oxygen atoms in total. The van der Waals surface area contributed by atoms with Gasteiger partial charge in [-0.15, -0.1) is 23.5 Å². The summed E-state index contributed by atoms with van der Waals surface area (Å²) in [7, 11) is 0. The van der Waals surface area contributed by atoms with Gasteiger partial charge in [-0.2, -0.15) is 0 Å². The Morgan fingerprint density at radius 1 is 1.08 bits per heavy atom. The Labute approximate surface area is 153 Å². The van der Waals surface area contributed by atoms with E-state index >= 15 is 0 Å². The van der Waals surface area contributed by atoms with E-state index in [9.17, 15) is 4.79 Å². The second kappa shape index (κ2) is 8.13. The largest absolute Gasteiger partial charge is 0.308 e. The van der Waals surface area contributed by atoms with Gasteiger partial charge in [-0.1, -0.05) is 30.3 Å². The second-order valence-corrected chi connectivity index (χ2v) is 8.61. The zero-order valence-corrected chi connectivity index (χ0v) is 15.8. The van der Waals surface area contributed by atoms with E-state index in [1.165, 1.54) is 23.5 Å². The van der Waals surface area contributed by atoms with Crippen LogP contribution in [0.15, 0.2) is 48.5 Å². The smallest absolute Gasteiger partial charge is 0.258 e. The van der Waals surface area contributed by atoms with Gasteiger partial charge in [-0.3, -0.25) is 4.79 Å². The van der Waals surface area contributed by atoms with E-state index in [0.29, 0.717) is 11.1 Å². The standard InChI is InChI=1S/C20H23NOS2/c1-3-21(18-8-5-4-7-15(18)2)19(22)16-9-11-17(12-10-16)20-23-13-6-14-24-20/h4-5,7-12,20H,3,6,13-14H2,1-2H3. The first-order valence-corrected chi connectivity index (χ1v) is 10.5. The molecule has 24 heavy (non-hydrogen) atoms. The van der Waals surface area contributed by atoms with Crippen molar-refractivity contribution in [3.8, 4) is 0 Å². The van der Waals surface area contributed by atoms with Gasteiger partial charge in [-0.25, -0.2) is 0 Å². The van der Waals surface area contributed by atoms with E-state index in [2.05, 4.69) is 12.1 Å². The molecule has 1 aliphatic heterocycles. The zero-order chi connectivity index (χ0) is 16.9. The van der Waals surface area contributed by atoms with E-state index in [4.69, 9.17) is 0 Å². The molecule has 2 aromatic carbocycles. The van der Waals surface area contributed by atoms with Crippen molar-refractivity contribution in [3.05, 3.63) is 65.2 Å². The zero-order valence-electron chi connectivity index (χ0n) is 14.2. The molecule has 0 saturated carbocycles. The molecule has 1 amide bonds. The number of hydrogen-bond acceptors (Lipinski definition) is 3. The van der Waals surface area contributed by atoms with Gasteiger partial charge in [-0.05, 0) is 61.1 Å². The lowest BCUT2D eigenvalue weighted by atomic mass is 10.1. The second-order valence-electron chi connectivity index (χ2n) is 5.88. The van der Waals surface area contributed by atoms with E-state index in [1.54, 1.807) is 0 Å². The summed E-state index contributed by atoms with van der Waals surface area (Å²) in [5.41, 5.74) is 4.20. The number of aryl methyl sites for hydroxylation is 1. The van der Waals surface area contributed by atoms with E-state index in [0.717, 1.165) is 16.8 Å². The molecular formula is C20H23NOS2. The average molecular weight is 358 g/mol. The highest BCUT2D eigenvalue weighted by Crippen LogP contribution is 2.43. The van der Waals surface area contributed by atoms with Crippen molar-refractivity contribution in [3.63, 3.8) is 0 Å². The maximum atomic E-state index is 12.9. The molecule has 1 saturated heterocycles. The Bertz CT molecular complexity index is 693. The van der Waals surface area contributed by atoms with Crippen LogP contribution >= 0.6 is 23.5 Å². The van der Waals surface area contributed by atoms with Crippen molar-refractivity contribution in [2.24, 2.45) is 0 Å². The lowest BCUT2D eigenvalue weighted by Gasteiger charge is -2.24. The van der Waals surface area contributed by atoms with Crippen molar-refractivity contribution in [1.82, 2.24) is 0 Å². The Morgan fingerprint density at radius 2 is 1.75 bits per heavy atom. The molecule has 0 aliphatic carbocycles. The third-order valence-corrected chi connectivity index (χ3v) is 7.24. The Balaban J connectivity index is 1.79. The maximum Gasteiger partial charge on any atom is 0.258 e. The van der Waals surface area contributed by atoms with Crippen LogP contribution in [0, 0.1) is 6.92 Å². The Hall–Kier alpha value is -1.39. The molecule has 0 N–H and O–H groups in total. The van der Waals surface area contributed by atoms with Gasteiger partial charge in [0.25, 0.3) is 5.91 Å². The number of carbonyl (C=O) groups is 1. The van der Waals surface area contributed by atoms with Crippen LogP contribution in [0.4, 0.5) is 5.69 Å². The summed E-state index contributed by atoms with van der Waals surface area (Å²) >= 11 is 4.02. The molecule has 126 valence electrons. The Kier molecular flexibility index (Phi) is 5.90.